The van der Waals surface area contributed by atoms with E-state index in [4.69, 9.17) is 0 Å². The van der Waals surface area contributed by atoms with Gasteiger partial charge in [0, 0.05) is 30.5 Å². The molecular formula is C31H49N3O4. The van der Waals surface area contributed by atoms with Crippen LogP contribution in [0.25, 0.3) is 0 Å². The van der Waals surface area contributed by atoms with Crippen LogP contribution in [0.15, 0.2) is 11.6 Å². The predicted molar refractivity (Wildman–Crippen MR) is 146 cm³/mol. The van der Waals surface area contributed by atoms with Gasteiger partial charge in [-0.25, -0.2) is 9.86 Å². The predicted octanol–water partition coefficient (Wildman–Crippen LogP) is 5.62. The Morgan fingerprint density at radius 2 is 1.66 bits per heavy atom. The van der Waals surface area contributed by atoms with Gasteiger partial charge in [-0.05, 0) is 112 Å². The van der Waals surface area contributed by atoms with E-state index < -0.39 is 11.6 Å². The number of urea groups is 1. The molecule has 1 saturated heterocycles. The summed E-state index contributed by atoms with van der Waals surface area (Å²) in [6.07, 6.45) is 10.0. The highest BCUT2D eigenvalue weighted by molar-refractivity contribution is 5.96. The Labute approximate surface area is 228 Å². The van der Waals surface area contributed by atoms with Crippen molar-refractivity contribution in [1.29, 1.82) is 0 Å². The average molecular weight is 528 g/mol. The smallest absolute Gasteiger partial charge is 0.341 e. The summed E-state index contributed by atoms with van der Waals surface area (Å²) in [7, 11) is 1.35. The van der Waals surface area contributed by atoms with Crippen LogP contribution in [0.5, 0.6) is 0 Å². The molecule has 0 unspecified atom stereocenters. The van der Waals surface area contributed by atoms with Crippen LogP contribution < -0.4 is 10.6 Å². The molecule has 7 nitrogen and oxygen atoms in total. The van der Waals surface area contributed by atoms with Crippen LogP contribution in [0.4, 0.5) is 4.79 Å². The Bertz CT molecular complexity index is 1100. The van der Waals surface area contributed by atoms with Gasteiger partial charge in [-0.1, -0.05) is 33.3 Å². The first-order valence-electron chi connectivity index (χ1n) is 14.7. The van der Waals surface area contributed by atoms with Crippen LogP contribution in [0.3, 0.4) is 0 Å². The number of amides is 3. The number of carbonyl (C=O) groups excluding carboxylic acids is 3. The highest BCUT2D eigenvalue weighted by atomic mass is 16.5. The second-order valence-corrected chi connectivity index (χ2v) is 15.5. The highest BCUT2D eigenvalue weighted by Crippen LogP contribution is 2.73. The minimum atomic E-state index is -0.485. The number of rotatable bonds is 1. The van der Waals surface area contributed by atoms with Crippen LogP contribution in [0.1, 0.15) is 106 Å². The maximum atomic E-state index is 14.4. The molecule has 212 valence electrons. The fourth-order valence-electron chi connectivity index (χ4n) is 10.4. The zero-order chi connectivity index (χ0) is 28.1. The fourth-order valence-corrected chi connectivity index (χ4v) is 10.4. The molecule has 4 aliphatic carbocycles. The summed E-state index contributed by atoms with van der Waals surface area (Å²) in [6.45, 7) is 15.8. The number of hydrogen-bond acceptors (Lipinski definition) is 4. The third-order valence-electron chi connectivity index (χ3n) is 12.8. The molecule has 7 heteroatoms. The van der Waals surface area contributed by atoms with Crippen LogP contribution in [0.2, 0.25) is 0 Å². The van der Waals surface area contributed by atoms with Crippen molar-refractivity contribution >= 4 is 17.7 Å². The van der Waals surface area contributed by atoms with E-state index in [9.17, 15) is 19.6 Å². The topological polar surface area (TPSA) is 98.7 Å². The SMILES string of the molecule is CN(O)C(=O)N[C@@]1(C)CC[C@]2(C)CC[C@]3(C)C(=CC(=O)[C@@H]4[C@@]5(C)CCC(=O)NC(C)(C)[C@@H]5CC[C@]43C)[C@@H]2C1. The van der Waals surface area contributed by atoms with E-state index in [0.717, 1.165) is 51.4 Å². The molecule has 0 aromatic heterocycles. The molecule has 0 spiro atoms. The minimum absolute atomic E-state index is 0.0892. The molecule has 3 N–H and O–H groups in total. The maximum Gasteiger partial charge on any atom is 0.341 e. The number of hydroxylamine groups is 2. The van der Waals surface area contributed by atoms with Crippen LogP contribution in [0, 0.1) is 39.4 Å². The van der Waals surface area contributed by atoms with E-state index in [1.165, 1.54) is 12.6 Å². The molecule has 0 aromatic carbocycles. The van der Waals surface area contributed by atoms with Crippen molar-refractivity contribution in [2.24, 2.45) is 39.4 Å². The number of hydrogen-bond donors (Lipinski definition) is 3. The van der Waals surface area contributed by atoms with Gasteiger partial charge in [0.15, 0.2) is 5.78 Å². The lowest BCUT2D eigenvalue weighted by Crippen LogP contribution is -2.66. The monoisotopic (exact) mass is 527 g/mol. The third-order valence-corrected chi connectivity index (χ3v) is 12.8. The first kappa shape index (κ1) is 27.7. The van der Waals surface area contributed by atoms with Crippen LogP contribution >= 0.6 is 0 Å². The Hall–Kier alpha value is -1.89. The van der Waals surface area contributed by atoms with Gasteiger partial charge in [0.25, 0.3) is 0 Å². The van der Waals surface area contributed by atoms with Crippen molar-refractivity contribution in [3.05, 3.63) is 11.6 Å². The molecule has 1 heterocycles. The van der Waals surface area contributed by atoms with E-state index in [1.807, 2.05) is 6.08 Å². The van der Waals surface area contributed by atoms with E-state index >= 15 is 0 Å². The molecule has 5 aliphatic rings. The van der Waals surface area contributed by atoms with Crippen LogP contribution in [-0.4, -0.2) is 46.1 Å². The maximum absolute atomic E-state index is 14.4. The number of nitrogens with zero attached hydrogens (tertiary/aromatic N) is 1. The van der Waals surface area contributed by atoms with Crippen molar-refractivity contribution in [3.8, 4) is 0 Å². The molecule has 5 rings (SSSR count). The lowest BCUT2D eigenvalue weighted by Gasteiger charge is -2.69. The lowest BCUT2D eigenvalue weighted by atomic mass is 9.35. The summed E-state index contributed by atoms with van der Waals surface area (Å²) >= 11 is 0. The Balaban J connectivity index is 1.58. The molecule has 38 heavy (non-hydrogen) atoms. The van der Waals surface area contributed by atoms with Gasteiger partial charge >= 0.3 is 6.03 Å². The van der Waals surface area contributed by atoms with Crippen molar-refractivity contribution < 1.29 is 19.6 Å². The van der Waals surface area contributed by atoms with E-state index in [2.05, 4.69) is 59.1 Å². The second kappa shape index (κ2) is 8.31. The van der Waals surface area contributed by atoms with Gasteiger partial charge in [-0.15, -0.1) is 0 Å². The lowest BCUT2D eigenvalue weighted by molar-refractivity contribution is -0.169. The fraction of sp³-hybridized carbons (Fsp3) is 0.839. The van der Waals surface area contributed by atoms with E-state index in [1.54, 1.807) is 0 Å². The Kier molecular flexibility index (Phi) is 6.05. The first-order valence-corrected chi connectivity index (χ1v) is 14.7. The average Bonchev–Trinajstić information content (AvgIpc) is 2.88. The number of allylic oxidation sites excluding steroid dienone is 2. The summed E-state index contributed by atoms with van der Waals surface area (Å²) in [6, 6.07) is -0.485. The molecule has 8 atom stereocenters. The van der Waals surface area contributed by atoms with E-state index in [0.29, 0.717) is 11.5 Å². The van der Waals surface area contributed by atoms with Gasteiger partial charge in [-0.3, -0.25) is 14.8 Å². The van der Waals surface area contributed by atoms with Gasteiger partial charge in [0.2, 0.25) is 5.91 Å². The van der Waals surface area contributed by atoms with Crippen molar-refractivity contribution in [2.45, 2.75) is 117 Å². The van der Waals surface area contributed by atoms with Gasteiger partial charge in [-0.2, -0.15) is 0 Å². The molecule has 0 bridgehead atoms. The molecule has 4 fully saturated rings. The number of fused-ring (bicyclic) bond motifs is 7. The van der Waals surface area contributed by atoms with Crippen molar-refractivity contribution in [3.63, 3.8) is 0 Å². The second-order valence-electron chi connectivity index (χ2n) is 15.5. The molecule has 3 saturated carbocycles. The summed E-state index contributed by atoms with van der Waals surface area (Å²) in [5.41, 5.74) is 0.0325. The Morgan fingerprint density at radius 3 is 2.32 bits per heavy atom. The third kappa shape index (κ3) is 3.73. The summed E-state index contributed by atoms with van der Waals surface area (Å²) in [4.78, 5) is 39.6. The largest absolute Gasteiger partial charge is 0.351 e. The zero-order valence-electron chi connectivity index (χ0n) is 24.8. The molecule has 3 amide bonds. The number of carbonyl (C=O) groups is 3. The number of ketones is 1. The first-order chi connectivity index (χ1) is 17.4. The van der Waals surface area contributed by atoms with Crippen molar-refractivity contribution in [1.82, 2.24) is 15.7 Å². The summed E-state index contributed by atoms with van der Waals surface area (Å²) < 4.78 is 0. The van der Waals surface area contributed by atoms with E-state index in [-0.39, 0.29) is 56.6 Å². The standard InChI is InChI=1S/C31H49N3O4/c1-26(2)22-9-12-31(7)24(29(22,5)11-10-23(36)32-26)21(35)17-19-20-18-28(4,33-25(37)34(8)38)15-13-27(20,3)14-16-30(19,31)6/h17,20,22,24,38H,9-16,18H2,1-8H3,(H,32,36)(H,33,37)/t20-,22-,24+,27+,28-,29-,30+,31+/m0/s1. The quantitative estimate of drug-likeness (QED) is 0.304. The van der Waals surface area contributed by atoms with Gasteiger partial charge in [0.05, 0.1) is 0 Å². The van der Waals surface area contributed by atoms with Crippen molar-refractivity contribution in [2.75, 3.05) is 7.05 Å². The zero-order valence-corrected chi connectivity index (χ0v) is 24.8. The number of nitrogens with one attached hydrogen (secondary N) is 2. The highest BCUT2D eigenvalue weighted by Gasteiger charge is 2.69. The minimum Gasteiger partial charge on any atom is -0.351 e. The van der Waals surface area contributed by atoms with Gasteiger partial charge < -0.3 is 10.6 Å². The summed E-state index contributed by atoms with van der Waals surface area (Å²) in [5, 5.41) is 16.7. The summed E-state index contributed by atoms with van der Waals surface area (Å²) in [5.74, 6) is 0.679. The molecular weight excluding hydrogens is 478 g/mol. The van der Waals surface area contributed by atoms with Gasteiger partial charge in [0.1, 0.15) is 0 Å². The molecule has 1 aliphatic heterocycles. The van der Waals surface area contributed by atoms with Crippen LogP contribution in [-0.2, 0) is 9.59 Å². The molecule has 0 aromatic rings. The Morgan fingerprint density at radius 1 is 1.00 bits per heavy atom. The molecule has 0 radical (unpaired) electrons. The normalized spacial score (nSPS) is 47.7.